The molecular weight excluding hydrogens is 252 g/mol. The molecular formula is C16H18N2O2. The molecule has 0 radical (unpaired) electrons. The van der Waals surface area contributed by atoms with Crippen molar-refractivity contribution < 1.29 is 9.53 Å². The number of nitrogens with one attached hydrogen (secondary N) is 1. The minimum absolute atomic E-state index is 0.0893. The van der Waals surface area contributed by atoms with Crippen molar-refractivity contribution in [3.8, 4) is 0 Å². The smallest absolute Gasteiger partial charge is 0.337 e. The van der Waals surface area contributed by atoms with Gasteiger partial charge in [0.05, 0.1) is 24.0 Å². The monoisotopic (exact) mass is 270 g/mol. The first kappa shape index (κ1) is 13.9. The van der Waals surface area contributed by atoms with Crippen LogP contribution in [0.3, 0.4) is 0 Å². The number of rotatable bonds is 4. The van der Waals surface area contributed by atoms with Gasteiger partial charge in [-0.05, 0) is 36.8 Å². The Labute approximate surface area is 118 Å². The van der Waals surface area contributed by atoms with E-state index in [4.69, 9.17) is 5.73 Å². The molecule has 0 saturated heterocycles. The number of hydrogen-bond donors (Lipinski definition) is 2. The summed E-state index contributed by atoms with van der Waals surface area (Å²) in [6.45, 7) is 2.04. The topological polar surface area (TPSA) is 64.3 Å². The standard InChI is InChI=1S/C16H18N2O2/c1-11(18-15-6-4-3-5-14(15)17)12-7-9-13(10-8-12)16(19)20-2/h3-11,18H,17H2,1-2H3. The normalized spacial score (nSPS) is 11.7. The lowest BCUT2D eigenvalue weighted by Gasteiger charge is -2.17. The zero-order chi connectivity index (χ0) is 14.5. The van der Waals surface area contributed by atoms with Crippen molar-refractivity contribution in [2.45, 2.75) is 13.0 Å². The van der Waals surface area contributed by atoms with E-state index in [0.717, 1.165) is 11.3 Å². The lowest BCUT2D eigenvalue weighted by Crippen LogP contribution is -2.09. The predicted octanol–water partition coefficient (Wildman–Crippen LogP) is 3.23. The van der Waals surface area contributed by atoms with Crippen molar-refractivity contribution in [3.05, 3.63) is 59.7 Å². The molecule has 0 aliphatic heterocycles. The Morgan fingerprint density at radius 2 is 1.80 bits per heavy atom. The van der Waals surface area contributed by atoms with Crippen molar-refractivity contribution in [2.75, 3.05) is 18.2 Å². The summed E-state index contributed by atoms with van der Waals surface area (Å²) in [4.78, 5) is 11.4. The molecule has 0 aliphatic carbocycles. The van der Waals surface area contributed by atoms with Crippen LogP contribution in [0, 0.1) is 0 Å². The fourth-order valence-corrected chi connectivity index (χ4v) is 1.97. The minimum Gasteiger partial charge on any atom is -0.465 e. The summed E-state index contributed by atoms with van der Waals surface area (Å²) >= 11 is 0. The second kappa shape index (κ2) is 6.10. The van der Waals surface area contributed by atoms with Crippen LogP contribution in [0.1, 0.15) is 28.9 Å². The number of nitrogens with two attached hydrogens (primary N) is 1. The molecule has 0 bridgehead atoms. The zero-order valence-electron chi connectivity index (χ0n) is 11.6. The first-order valence-electron chi connectivity index (χ1n) is 6.41. The molecule has 0 saturated carbocycles. The highest BCUT2D eigenvalue weighted by Gasteiger charge is 2.09. The van der Waals surface area contributed by atoms with Gasteiger partial charge in [0.25, 0.3) is 0 Å². The number of para-hydroxylation sites is 2. The van der Waals surface area contributed by atoms with Crippen LogP contribution in [0.5, 0.6) is 0 Å². The number of esters is 1. The zero-order valence-corrected chi connectivity index (χ0v) is 11.6. The Bertz CT molecular complexity index is 594. The van der Waals surface area contributed by atoms with E-state index in [-0.39, 0.29) is 12.0 Å². The maximum atomic E-state index is 11.4. The third kappa shape index (κ3) is 3.09. The van der Waals surface area contributed by atoms with E-state index in [9.17, 15) is 4.79 Å². The van der Waals surface area contributed by atoms with E-state index in [0.29, 0.717) is 11.3 Å². The molecule has 104 valence electrons. The maximum absolute atomic E-state index is 11.4. The fraction of sp³-hybridized carbons (Fsp3) is 0.188. The number of carbonyl (C=O) groups is 1. The van der Waals surface area contributed by atoms with Gasteiger partial charge >= 0.3 is 5.97 Å². The van der Waals surface area contributed by atoms with Gasteiger partial charge in [0.15, 0.2) is 0 Å². The van der Waals surface area contributed by atoms with Crippen LogP contribution in [0.15, 0.2) is 48.5 Å². The highest BCUT2D eigenvalue weighted by Crippen LogP contribution is 2.24. The Kier molecular flexibility index (Phi) is 4.25. The van der Waals surface area contributed by atoms with Crippen LogP contribution < -0.4 is 11.1 Å². The molecule has 0 amide bonds. The Morgan fingerprint density at radius 3 is 2.40 bits per heavy atom. The van der Waals surface area contributed by atoms with Crippen LogP contribution in [0.25, 0.3) is 0 Å². The molecule has 4 nitrogen and oxygen atoms in total. The predicted molar refractivity (Wildman–Crippen MR) is 80.7 cm³/mol. The van der Waals surface area contributed by atoms with Crippen LogP contribution in [-0.4, -0.2) is 13.1 Å². The van der Waals surface area contributed by atoms with E-state index in [2.05, 4.69) is 10.1 Å². The van der Waals surface area contributed by atoms with Gasteiger partial charge < -0.3 is 15.8 Å². The third-order valence-corrected chi connectivity index (χ3v) is 3.16. The maximum Gasteiger partial charge on any atom is 0.337 e. The minimum atomic E-state index is -0.329. The first-order chi connectivity index (χ1) is 9.61. The van der Waals surface area contributed by atoms with Gasteiger partial charge in [0, 0.05) is 6.04 Å². The van der Waals surface area contributed by atoms with Crippen molar-refractivity contribution in [3.63, 3.8) is 0 Å². The first-order valence-corrected chi connectivity index (χ1v) is 6.41. The summed E-state index contributed by atoms with van der Waals surface area (Å²) in [5.74, 6) is -0.329. The summed E-state index contributed by atoms with van der Waals surface area (Å²) in [6, 6.07) is 15.0. The molecule has 2 aromatic rings. The molecule has 2 rings (SSSR count). The largest absolute Gasteiger partial charge is 0.465 e. The summed E-state index contributed by atoms with van der Waals surface area (Å²) in [5, 5.41) is 3.35. The van der Waals surface area contributed by atoms with Gasteiger partial charge in [-0.1, -0.05) is 24.3 Å². The van der Waals surface area contributed by atoms with Gasteiger partial charge in [-0.25, -0.2) is 4.79 Å². The van der Waals surface area contributed by atoms with Gasteiger partial charge in [-0.3, -0.25) is 0 Å². The lowest BCUT2D eigenvalue weighted by atomic mass is 10.1. The molecule has 1 unspecified atom stereocenters. The van der Waals surface area contributed by atoms with Crippen LogP contribution in [0.2, 0.25) is 0 Å². The SMILES string of the molecule is COC(=O)c1ccc(C(C)Nc2ccccc2N)cc1. The van der Waals surface area contributed by atoms with E-state index in [1.165, 1.54) is 7.11 Å². The quantitative estimate of drug-likeness (QED) is 0.661. The molecule has 0 fully saturated rings. The number of methoxy groups -OCH3 is 1. The highest BCUT2D eigenvalue weighted by molar-refractivity contribution is 5.89. The average Bonchev–Trinajstić information content (AvgIpc) is 2.49. The van der Waals surface area contributed by atoms with Crippen molar-refractivity contribution in [2.24, 2.45) is 0 Å². The molecule has 1 atom stereocenters. The molecule has 0 spiro atoms. The van der Waals surface area contributed by atoms with Crippen molar-refractivity contribution in [1.82, 2.24) is 0 Å². The van der Waals surface area contributed by atoms with Crippen LogP contribution in [-0.2, 0) is 4.74 Å². The Balaban J connectivity index is 2.12. The molecule has 0 aromatic heterocycles. The molecule has 3 N–H and O–H groups in total. The molecule has 20 heavy (non-hydrogen) atoms. The number of benzene rings is 2. The number of anilines is 2. The second-order valence-corrected chi connectivity index (χ2v) is 4.57. The van der Waals surface area contributed by atoms with Gasteiger partial charge in [-0.15, -0.1) is 0 Å². The van der Waals surface area contributed by atoms with Crippen LogP contribution in [0.4, 0.5) is 11.4 Å². The molecule has 2 aromatic carbocycles. The number of hydrogen-bond acceptors (Lipinski definition) is 4. The summed E-state index contributed by atoms with van der Waals surface area (Å²) in [5.41, 5.74) is 9.13. The third-order valence-electron chi connectivity index (χ3n) is 3.16. The van der Waals surface area contributed by atoms with Crippen molar-refractivity contribution in [1.29, 1.82) is 0 Å². The second-order valence-electron chi connectivity index (χ2n) is 4.57. The van der Waals surface area contributed by atoms with E-state index >= 15 is 0 Å². The van der Waals surface area contributed by atoms with Gasteiger partial charge in [0.1, 0.15) is 0 Å². The van der Waals surface area contributed by atoms with E-state index < -0.39 is 0 Å². The average molecular weight is 270 g/mol. The number of carbonyl (C=O) groups excluding carboxylic acids is 1. The number of nitrogen functional groups attached to an aromatic ring is 1. The molecule has 0 heterocycles. The van der Waals surface area contributed by atoms with E-state index in [1.807, 2.05) is 43.3 Å². The number of ether oxygens (including phenoxy) is 1. The fourth-order valence-electron chi connectivity index (χ4n) is 1.97. The van der Waals surface area contributed by atoms with Crippen LogP contribution >= 0.6 is 0 Å². The summed E-state index contributed by atoms with van der Waals surface area (Å²) in [6.07, 6.45) is 0. The van der Waals surface area contributed by atoms with Gasteiger partial charge in [-0.2, -0.15) is 0 Å². The Morgan fingerprint density at radius 1 is 1.15 bits per heavy atom. The lowest BCUT2D eigenvalue weighted by molar-refractivity contribution is 0.0600. The Hall–Kier alpha value is -2.49. The van der Waals surface area contributed by atoms with Crippen molar-refractivity contribution >= 4 is 17.3 Å². The molecule has 4 heteroatoms. The summed E-state index contributed by atoms with van der Waals surface area (Å²) in [7, 11) is 1.37. The van der Waals surface area contributed by atoms with Gasteiger partial charge in [0.2, 0.25) is 0 Å². The molecule has 0 aliphatic rings. The summed E-state index contributed by atoms with van der Waals surface area (Å²) < 4.78 is 4.68. The van der Waals surface area contributed by atoms with E-state index in [1.54, 1.807) is 12.1 Å². The highest BCUT2D eigenvalue weighted by atomic mass is 16.5.